The molecule has 1 aromatic heterocycles. The van der Waals surface area contributed by atoms with Crippen LogP contribution in [0, 0.1) is 5.82 Å². The number of hydrogen-bond acceptors (Lipinski definition) is 5. The van der Waals surface area contributed by atoms with Crippen LogP contribution < -0.4 is 9.64 Å². The molecule has 1 fully saturated rings. The summed E-state index contributed by atoms with van der Waals surface area (Å²) in [5.74, 6) is -0.883. The summed E-state index contributed by atoms with van der Waals surface area (Å²) in [6, 6.07) is 11.9. The lowest BCUT2D eigenvalue weighted by Crippen LogP contribution is -2.49. The fourth-order valence-electron chi connectivity index (χ4n) is 3.58. The summed E-state index contributed by atoms with van der Waals surface area (Å²) in [7, 11) is 1.57. The van der Waals surface area contributed by atoms with Gasteiger partial charge in [-0.2, -0.15) is 13.2 Å². The van der Waals surface area contributed by atoms with E-state index in [2.05, 4.69) is 10.3 Å². The minimum absolute atomic E-state index is 0.173. The number of ether oxygens (including phenoxy) is 1. The molecule has 1 aliphatic heterocycles. The molecule has 2 aromatic carbocycles. The van der Waals surface area contributed by atoms with Crippen LogP contribution in [0.2, 0.25) is 0 Å². The molecule has 0 spiro atoms. The molecule has 0 unspecified atom stereocenters. The monoisotopic (exact) mass is 449 g/mol. The molecule has 3 aromatic rings. The molecule has 11 heteroatoms. The van der Waals surface area contributed by atoms with Gasteiger partial charge in [-0.3, -0.25) is 4.79 Å². The number of piperazine rings is 1. The van der Waals surface area contributed by atoms with E-state index in [0.717, 1.165) is 17.8 Å². The van der Waals surface area contributed by atoms with Gasteiger partial charge in [0, 0.05) is 31.9 Å². The van der Waals surface area contributed by atoms with Crippen molar-refractivity contribution in [1.82, 2.24) is 19.9 Å². The van der Waals surface area contributed by atoms with Gasteiger partial charge in [-0.1, -0.05) is 11.3 Å². The Morgan fingerprint density at radius 1 is 1.00 bits per heavy atom. The molecule has 0 atom stereocenters. The number of nitrogens with zero attached hydrogens (tertiary/aromatic N) is 5. The van der Waals surface area contributed by atoms with E-state index < -0.39 is 29.3 Å². The first-order chi connectivity index (χ1) is 15.3. The highest BCUT2D eigenvalue weighted by Crippen LogP contribution is 2.33. The number of aromatic nitrogens is 3. The first kappa shape index (κ1) is 21.6. The average Bonchev–Trinajstić information content (AvgIpc) is 3.25. The first-order valence-corrected chi connectivity index (χ1v) is 9.75. The minimum Gasteiger partial charge on any atom is -0.497 e. The molecule has 168 valence electrons. The smallest absolute Gasteiger partial charge is 0.435 e. The number of halogens is 4. The van der Waals surface area contributed by atoms with Gasteiger partial charge in [0.05, 0.1) is 12.8 Å². The Balaban J connectivity index is 1.55. The number of carbonyl (C=O) groups excluding carboxylic acids is 1. The van der Waals surface area contributed by atoms with Crippen molar-refractivity contribution in [2.24, 2.45) is 0 Å². The van der Waals surface area contributed by atoms with Crippen molar-refractivity contribution >= 4 is 11.6 Å². The van der Waals surface area contributed by atoms with Gasteiger partial charge in [0.1, 0.15) is 11.6 Å². The summed E-state index contributed by atoms with van der Waals surface area (Å²) in [4.78, 5) is 16.2. The molecular formula is C21H19F4N5O2. The molecule has 0 radical (unpaired) electrons. The molecule has 0 N–H and O–H groups in total. The molecule has 7 nitrogen and oxygen atoms in total. The first-order valence-electron chi connectivity index (χ1n) is 9.75. The van der Waals surface area contributed by atoms with Crippen LogP contribution in [0.5, 0.6) is 5.75 Å². The number of methoxy groups -OCH3 is 1. The Bertz CT molecular complexity index is 1110. The zero-order valence-corrected chi connectivity index (χ0v) is 17.0. The van der Waals surface area contributed by atoms with E-state index >= 15 is 0 Å². The molecule has 2 heterocycles. The maximum absolute atomic E-state index is 13.8. The van der Waals surface area contributed by atoms with Crippen LogP contribution in [0.3, 0.4) is 0 Å². The number of anilines is 1. The number of carbonyl (C=O) groups is 1. The van der Waals surface area contributed by atoms with E-state index in [4.69, 9.17) is 4.74 Å². The van der Waals surface area contributed by atoms with Gasteiger partial charge in [0.25, 0.3) is 5.91 Å². The van der Waals surface area contributed by atoms with Gasteiger partial charge in [0.2, 0.25) is 0 Å². The second-order valence-corrected chi connectivity index (χ2v) is 7.15. The third-order valence-electron chi connectivity index (χ3n) is 5.20. The minimum atomic E-state index is -4.91. The van der Waals surface area contributed by atoms with E-state index in [9.17, 15) is 22.4 Å². The third-order valence-corrected chi connectivity index (χ3v) is 5.20. The van der Waals surface area contributed by atoms with Crippen molar-refractivity contribution in [1.29, 1.82) is 0 Å². The van der Waals surface area contributed by atoms with Gasteiger partial charge in [-0.05, 0) is 42.5 Å². The van der Waals surface area contributed by atoms with E-state index in [1.54, 1.807) is 7.11 Å². The zero-order chi connectivity index (χ0) is 22.9. The number of alkyl halides is 3. The summed E-state index contributed by atoms with van der Waals surface area (Å²) in [5, 5.41) is 7.01. The Labute approximate surface area is 180 Å². The fourth-order valence-corrected chi connectivity index (χ4v) is 3.58. The molecule has 0 aliphatic carbocycles. The Hall–Kier alpha value is -3.63. The van der Waals surface area contributed by atoms with Crippen LogP contribution in [0.15, 0.2) is 48.5 Å². The van der Waals surface area contributed by atoms with Gasteiger partial charge in [0.15, 0.2) is 11.4 Å². The molecular weight excluding hydrogens is 430 g/mol. The zero-order valence-electron chi connectivity index (χ0n) is 17.0. The Kier molecular flexibility index (Phi) is 5.72. The lowest BCUT2D eigenvalue weighted by molar-refractivity contribution is -0.143. The topological polar surface area (TPSA) is 63.5 Å². The maximum atomic E-state index is 13.8. The molecule has 1 saturated heterocycles. The number of rotatable bonds is 4. The number of benzene rings is 2. The molecule has 1 aliphatic rings. The van der Waals surface area contributed by atoms with Crippen LogP contribution in [-0.2, 0) is 6.18 Å². The Morgan fingerprint density at radius 3 is 2.28 bits per heavy atom. The summed E-state index contributed by atoms with van der Waals surface area (Å²) < 4.78 is 60.6. The normalized spacial score (nSPS) is 14.5. The maximum Gasteiger partial charge on any atom is 0.435 e. The van der Waals surface area contributed by atoms with Gasteiger partial charge in [-0.25, -0.2) is 9.07 Å². The summed E-state index contributed by atoms with van der Waals surface area (Å²) >= 11 is 0. The number of amides is 1. The molecule has 0 bridgehead atoms. The molecule has 1 amide bonds. The quantitative estimate of drug-likeness (QED) is 0.572. The summed E-state index contributed by atoms with van der Waals surface area (Å²) in [6.45, 7) is 1.32. The van der Waals surface area contributed by atoms with E-state index in [1.165, 1.54) is 17.0 Å². The highest BCUT2D eigenvalue weighted by atomic mass is 19.4. The second-order valence-electron chi connectivity index (χ2n) is 7.15. The lowest BCUT2D eigenvalue weighted by Gasteiger charge is -2.36. The highest BCUT2D eigenvalue weighted by molar-refractivity contribution is 5.93. The van der Waals surface area contributed by atoms with Crippen molar-refractivity contribution in [3.63, 3.8) is 0 Å². The molecule has 4 rings (SSSR count). The van der Waals surface area contributed by atoms with Crippen molar-refractivity contribution in [3.05, 3.63) is 65.7 Å². The second kappa shape index (κ2) is 8.48. The van der Waals surface area contributed by atoms with Crippen molar-refractivity contribution in [2.75, 3.05) is 38.2 Å². The standard InChI is InChI=1S/C21H19F4N5O2/c1-32-17-7-5-15(6-8-17)28-9-11-29(12-10-28)20(31)18-19(21(23,24)25)30(27-26-18)16-4-2-3-14(22)13-16/h2-8,13H,9-12H2,1H3. The summed E-state index contributed by atoms with van der Waals surface area (Å²) in [5.41, 5.74) is -1.38. The predicted octanol–water partition coefficient (Wildman–Crippen LogP) is 3.40. The third kappa shape index (κ3) is 4.23. The fraction of sp³-hybridized carbons (Fsp3) is 0.286. The van der Waals surface area contributed by atoms with Crippen LogP contribution >= 0.6 is 0 Å². The lowest BCUT2D eigenvalue weighted by atomic mass is 10.2. The van der Waals surface area contributed by atoms with Gasteiger partial charge < -0.3 is 14.5 Å². The van der Waals surface area contributed by atoms with E-state index in [-0.39, 0.29) is 18.8 Å². The van der Waals surface area contributed by atoms with E-state index in [1.807, 2.05) is 29.2 Å². The predicted molar refractivity (Wildman–Crippen MR) is 107 cm³/mol. The Morgan fingerprint density at radius 2 is 1.69 bits per heavy atom. The van der Waals surface area contributed by atoms with Crippen molar-refractivity contribution < 1.29 is 27.1 Å². The number of hydrogen-bond donors (Lipinski definition) is 0. The average molecular weight is 449 g/mol. The molecule has 32 heavy (non-hydrogen) atoms. The van der Waals surface area contributed by atoms with Crippen LogP contribution in [0.4, 0.5) is 23.2 Å². The van der Waals surface area contributed by atoms with Gasteiger partial charge >= 0.3 is 6.18 Å². The van der Waals surface area contributed by atoms with Gasteiger partial charge in [-0.15, -0.1) is 5.10 Å². The van der Waals surface area contributed by atoms with Crippen molar-refractivity contribution in [3.8, 4) is 11.4 Å². The molecule has 0 saturated carbocycles. The van der Waals surface area contributed by atoms with Crippen LogP contribution in [0.1, 0.15) is 16.2 Å². The highest BCUT2D eigenvalue weighted by Gasteiger charge is 2.43. The summed E-state index contributed by atoms with van der Waals surface area (Å²) in [6.07, 6.45) is -4.91. The largest absolute Gasteiger partial charge is 0.497 e. The van der Waals surface area contributed by atoms with Crippen LogP contribution in [-0.4, -0.2) is 59.1 Å². The SMILES string of the molecule is COc1ccc(N2CCN(C(=O)c3nnn(-c4cccc(F)c4)c3C(F)(F)F)CC2)cc1. The van der Waals surface area contributed by atoms with Crippen molar-refractivity contribution in [2.45, 2.75) is 6.18 Å². The van der Waals surface area contributed by atoms with Crippen LogP contribution in [0.25, 0.3) is 5.69 Å². The van der Waals surface area contributed by atoms with E-state index in [0.29, 0.717) is 23.5 Å².